The number of carbonyl (C=O) groups is 2. The van der Waals surface area contributed by atoms with E-state index >= 15 is 0 Å². The lowest BCUT2D eigenvalue weighted by atomic mass is 10.1. The summed E-state index contributed by atoms with van der Waals surface area (Å²) in [6.45, 7) is 9.21. The third-order valence-corrected chi connectivity index (χ3v) is 5.88. The summed E-state index contributed by atoms with van der Waals surface area (Å²) in [7, 11) is 0. The minimum atomic E-state index is -0.997. The Kier molecular flexibility index (Phi) is 4.83. The van der Waals surface area contributed by atoms with Crippen LogP contribution < -0.4 is 5.32 Å². The highest BCUT2D eigenvalue weighted by molar-refractivity contribution is 8.00. The molecular formula is C14H20N2O3S2. The van der Waals surface area contributed by atoms with Crippen molar-refractivity contribution in [3.05, 3.63) is 16.0 Å². The molecule has 2 rings (SSSR count). The number of amides is 2. The van der Waals surface area contributed by atoms with Crippen LogP contribution in [-0.2, 0) is 0 Å². The van der Waals surface area contributed by atoms with Crippen LogP contribution in [0.5, 0.6) is 0 Å². The van der Waals surface area contributed by atoms with Crippen LogP contribution in [-0.4, -0.2) is 45.6 Å². The molecule has 0 saturated carbocycles. The van der Waals surface area contributed by atoms with E-state index in [1.807, 2.05) is 18.7 Å². The van der Waals surface area contributed by atoms with E-state index in [0.29, 0.717) is 28.6 Å². The summed E-state index contributed by atoms with van der Waals surface area (Å²) in [5.41, 5.74) is 0.928. The van der Waals surface area contributed by atoms with Crippen molar-refractivity contribution in [3.8, 4) is 0 Å². The number of anilines is 1. The molecular weight excluding hydrogens is 308 g/mol. The molecule has 2 amide bonds. The fourth-order valence-corrected chi connectivity index (χ4v) is 4.86. The summed E-state index contributed by atoms with van der Waals surface area (Å²) in [4.78, 5) is 26.4. The molecule has 0 bridgehead atoms. The number of hydrogen-bond donors (Lipinski definition) is 2. The van der Waals surface area contributed by atoms with Crippen molar-refractivity contribution in [1.29, 1.82) is 0 Å². The minimum absolute atomic E-state index is 0.207. The van der Waals surface area contributed by atoms with Crippen molar-refractivity contribution in [3.63, 3.8) is 0 Å². The van der Waals surface area contributed by atoms with Crippen molar-refractivity contribution >= 4 is 40.1 Å². The van der Waals surface area contributed by atoms with Gasteiger partial charge in [-0.2, -0.15) is 11.8 Å². The molecule has 21 heavy (non-hydrogen) atoms. The van der Waals surface area contributed by atoms with Gasteiger partial charge < -0.3 is 10.0 Å². The molecule has 1 aliphatic heterocycles. The van der Waals surface area contributed by atoms with Crippen molar-refractivity contribution < 1.29 is 14.7 Å². The molecule has 7 heteroatoms. The van der Waals surface area contributed by atoms with E-state index in [9.17, 15) is 14.7 Å². The highest BCUT2D eigenvalue weighted by Gasteiger charge is 2.27. The van der Waals surface area contributed by atoms with Crippen molar-refractivity contribution in [2.75, 3.05) is 18.4 Å². The lowest BCUT2D eigenvalue weighted by Crippen LogP contribution is -2.46. The first kappa shape index (κ1) is 16.2. The van der Waals surface area contributed by atoms with E-state index in [-0.39, 0.29) is 11.6 Å². The predicted octanol–water partition coefficient (Wildman–Crippen LogP) is 3.42. The molecule has 0 aromatic carbocycles. The molecule has 2 N–H and O–H groups in total. The summed E-state index contributed by atoms with van der Waals surface area (Å²) in [6.07, 6.45) is 0. The summed E-state index contributed by atoms with van der Waals surface area (Å²) in [5.74, 6) is -0.997. The van der Waals surface area contributed by atoms with Crippen LogP contribution in [0.25, 0.3) is 0 Å². The van der Waals surface area contributed by atoms with Crippen LogP contribution in [0.15, 0.2) is 0 Å². The Hall–Kier alpha value is -1.21. The summed E-state index contributed by atoms with van der Waals surface area (Å²) >= 11 is 3.19. The Morgan fingerprint density at radius 1 is 1.24 bits per heavy atom. The topological polar surface area (TPSA) is 69.6 Å². The molecule has 0 aliphatic carbocycles. The Morgan fingerprint density at radius 3 is 2.33 bits per heavy atom. The number of aryl methyl sites for hydroxylation is 1. The Balaban J connectivity index is 2.16. The second-order valence-electron chi connectivity index (χ2n) is 5.38. The van der Waals surface area contributed by atoms with Gasteiger partial charge in [0.2, 0.25) is 0 Å². The fourth-order valence-electron chi connectivity index (χ4n) is 2.49. The monoisotopic (exact) mass is 328 g/mol. The van der Waals surface area contributed by atoms with Gasteiger partial charge in [-0.25, -0.2) is 9.59 Å². The van der Waals surface area contributed by atoms with E-state index in [1.54, 1.807) is 11.8 Å². The number of nitrogens with one attached hydrogen (secondary N) is 1. The predicted molar refractivity (Wildman–Crippen MR) is 87.9 cm³/mol. The van der Waals surface area contributed by atoms with Gasteiger partial charge in [0.15, 0.2) is 0 Å². The Bertz CT molecular complexity index is 561. The molecule has 1 aromatic rings. The normalized spacial score (nSPS) is 22.2. The van der Waals surface area contributed by atoms with E-state index in [4.69, 9.17) is 0 Å². The first-order valence-electron chi connectivity index (χ1n) is 6.84. The van der Waals surface area contributed by atoms with Crippen molar-refractivity contribution in [1.82, 2.24) is 4.90 Å². The maximum Gasteiger partial charge on any atom is 0.338 e. The van der Waals surface area contributed by atoms with Gasteiger partial charge in [-0.1, -0.05) is 13.8 Å². The molecule has 0 spiro atoms. The van der Waals surface area contributed by atoms with E-state index in [1.165, 1.54) is 11.3 Å². The number of hydrogen-bond acceptors (Lipinski definition) is 4. The third kappa shape index (κ3) is 3.52. The zero-order valence-electron chi connectivity index (χ0n) is 12.6. The maximum absolute atomic E-state index is 12.4. The number of rotatable bonds is 2. The van der Waals surface area contributed by atoms with Crippen LogP contribution in [0.2, 0.25) is 0 Å². The number of urea groups is 1. The van der Waals surface area contributed by atoms with Gasteiger partial charge >= 0.3 is 12.0 Å². The van der Waals surface area contributed by atoms with Crippen LogP contribution in [0.1, 0.15) is 34.6 Å². The molecule has 1 saturated heterocycles. The summed E-state index contributed by atoms with van der Waals surface area (Å²) < 4.78 is 0. The SMILES string of the molecule is Cc1sc(NC(=O)N2CC(C)SC(C)C2)c(C(=O)O)c1C. The average Bonchev–Trinajstić information content (AvgIpc) is 2.63. The average molecular weight is 328 g/mol. The zero-order chi connectivity index (χ0) is 15.7. The van der Waals surface area contributed by atoms with Gasteiger partial charge in [0.25, 0.3) is 0 Å². The lowest BCUT2D eigenvalue weighted by molar-refractivity contribution is 0.0697. The van der Waals surface area contributed by atoms with Crippen LogP contribution in [0, 0.1) is 13.8 Å². The molecule has 116 valence electrons. The third-order valence-electron chi connectivity index (χ3n) is 3.53. The molecule has 5 nitrogen and oxygen atoms in total. The Labute approximate surface area is 132 Å². The highest BCUT2D eigenvalue weighted by Crippen LogP contribution is 2.33. The summed E-state index contributed by atoms with van der Waals surface area (Å²) in [6, 6.07) is -0.210. The molecule has 1 aromatic heterocycles. The van der Waals surface area contributed by atoms with Gasteiger partial charge in [0.05, 0.1) is 5.56 Å². The standard InChI is InChI=1S/C14H20N2O3S2/c1-7-5-16(6-8(2)20-7)14(19)15-12-11(13(17)18)9(3)10(4)21-12/h7-8H,5-6H2,1-4H3,(H,15,19)(H,17,18). The number of thiophene rings is 1. The molecule has 2 atom stereocenters. The van der Waals surface area contributed by atoms with E-state index in [0.717, 1.165) is 10.4 Å². The molecule has 2 unspecified atom stereocenters. The molecule has 1 fully saturated rings. The molecule has 1 aliphatic rings. The lowest BCUT2D eigenvalue weighted by Gasteiger charge is -2.34. The summed E-state index contributed by atoms with van der Waals surface area (Å²) in [5, 5.41) is 13.3. The van der Waals surface area contributed by atoms with Crippen LogP contribution in [0.4, 0.5) is 9.80 Å². The zero-order valence-corrected chi connectivity index (χ0v) is 14.2. The van der Waals surface area contributed by atoms with Gasteiger partial charge in [0.1, 0.15) is 5.00 Å². The van der Waals surface area contributed by atoms with Gasteiger partial charge in [-0.3, -0.25) is 5.32 Å². The second-order valence-corrected chi connectivity index (χ2v) is 8.49. The first-order chi connectivity index (χ1) is 9.79. The molecule has 0 radical (unpaired) electrons. The number of aromatic carboxylic acids is 1. The first-order valence-corrected chi connectivity index (χ1v) is 8.60. The smallest absolute Gasteiger partial charge is 0.338 e. The fraction of sp³-hybridized carbons (Fsp3) is 0.571. The number of thioether (sulfide) groups is 1. The number of nitrogens with zero attached hydrogens (tertiary/aromatic N) is 1. The quantitative estimate of drug-likeness (QED) is 0.873. The van der Waals surface area contributed by atoms with Crippen molar-refractivity contribution in [2.24, 2.45) is 0 Å². The highest BCUT2D eigenvalue weighted by atomic mass is 32.2. The van der Waals surface area contributed by atoms with Gasteiger partial charge in [0, 0.05) is 28.5 Å². The molecule has 2 heterocycles. The maximum atomic E-state index is 12.4. The second kappa shape index (κ2) is 6.27. The number of carboxylic acid groups (broad SMARTS) is 1. The van der Waals surface area contributed by atoms with Crippen LogP contribution in [0.3, 0.4) is 0 Å². The van der Waals surface area contributed by atoms with E-state index in [2.05, 4.69) is 19.2 Å². The van der Waals surface area contributed by atoms with E-state index < -0.39 is 5.97 Å². The number of carbonyl (C=O) groups excluding carboxylic acids is 1. The van der Waals surface area contributed by atoms with Crippen LogP contribution >= 0.6 is 23.1 Å². The Morgan fingerprint density at radius 2 is 1.81 bits per heavy atom. The largest absolute Gasteiger partial charge is 0.478 e. The minimum Gasteiger partial charge on any atom is -0.478 e. The van der Waals surface area contributed by atoms with Gasteiger partial charge in [-0.05, 0) is 19.4 Å². The van der Waals surface area contributed by atoms with Crippen molar-refractivity contribution in [2.45, 2.75) is 38.2 Å². The van der Waals surface area contributed by atoms with Gasteiger partial charge in [-0.15, -0.1) is 11.3 Å². The number of carboxylic acids is 1.